The maximum Gasteiger partial charge on any atom is 0.249 e. The molecule has 8 nitrogen and oxygen atoms in total. The Labute approximate surface area is 217 Å². The Kier molecular flexibility index (Phi) is 9.92. The number of benzene rings is 2. The summed E-state index contributed by atoms with van der Waals surface area (Å²) in [5, 5.41) is 11.9. The van der Waals surface area contributed by atoms with Crippen LogP contribution in [0.2, 0.25) is 0 Å². The molecular weight excluding hydrogens is 468 g/mol. The molecule has 0 unspecified atom stereocenters. The van der Waals surface area contributed by atoms with Gasteiger partial charge in [-0.1, -0.05) is 74.5 Å². The van der Waals surface area contributed by atoms with Crippen LogP contribution in [0, 0.1) is 11.8 Å². The molecular formula is C29H34N4O4. The summed E-state index contributed by atoms with van der Waals surface area (Å²) < 4.78 is 0. The first-order chi connectivity index (χ1) is 17.8. The van der Waals surface area contributed by atoms with Crippen LogP contribution in [0.15, 0.2) is 79.0 Å². The largest absolute Gasteiger partial charge is 0.340 e. The molecule has 8 heteroatoms. The third kappa shape index (κ3) is 7.98. The van der Waals surface area contributed by atoms with Gasteiger partial charge in [-0.15, -0.1) is 0 Å². The Morgan fingerprint density at radius 2 is 1.57 bits per heavy atom. The third-order valence-electron chi connectivity index (χ3n) is 6.07. The average Bonchev–Trinajstić information content (AvgIpc) is 2.91. The van der Waals surface area contributed by atoms with Gasteiger partial charge in [0.05, 0.1) is 12.2 Å². The van der Waals surface area contributed by atoms with E-state index in [-0.39, 0.29) is 24.8 Å². The maximum atomic E-state index is 13.6. The highest BCUT2D eigenvalue weighted by atomic mass is 16.5. The lowest BCUT2D eigenvalue weighted by Crippen LogP contribution is -2.44. The number of hydrogen-bond acceptors (Lipinski definition) is 5. The van der Waals surface area contributed by atoms with Crippen molar-refractivity contribution in [3.8, 4) is 11.1 Å². The van der Waals surface area contributed by atoms with E-state index in [9.17, 15) is 14.4 Å². The molecule has 0 aliphatic carbocycles. The molecule has 0 radical (unpaired) electrons. The summed E-state index contributed by atoms with van der Waals surface area (Å²) in [7, 11) is 1.67. The van der Waals surface area contributed by atoms with E-state index in [0.717, 1.165) is 16.8 Å². The molecule has 3 N–H and O–H groups in total. The highest BCUT2D eigenvalue weighted by Crippen LogP contribution is 2.25. The number of pyridine rings is 1. The summed E-state index contributed by atoms with van der Waals surface area (Å²) in [6.07, 6.45) is 1.91. The smallest absolute Gasteiger partial charge is 0.249 e. The number of hydrogen-bond donors (Lipinski definition) is 3. The van der Waals surface area contributed by atoms with Gasteiger partial charge in [0.1, 0.15) is 6.04 Å². The number of nitrogens with one attached hydrogen (secondary N) is 2. The van der Waals surface area contributed by atoms with Crippen molar-refractivity contribution in [1.29, 1.82) is 0 Å². The van der Waals surface area contributed by atoms with Crippen molar-refractivity contribution >= 4 is 17.7 Å². The van der Waals surface area contributed by atoms with Crippen LogP contribution in [0.1, 0.15) is 44.0 Å². The first kappa shape index (κ1) is 27.5. The van der Waals surface area contributed by atoms with Crippen LogP contribution in [0.3, 0.4) is 0 Å². The lowest BCUT2D eigenvalue weighted by Gasteiger charge is -2.27. The number of hydroxylamine groups is 1. The van der Waals surface area contributed by atoms with Gasteiger partial charge in [0.25, 0.3) is 0 Å². The molecule has 3 aromatic rings. The normalized spacial score (nSPS) is 12.5. The van der Waals surface area contributed by atoms with Gasteiger partial charge in [-0.3, -0.25) is 24.6 Å². The van der Waals surface area contributed by atoms with E-state index in [1.165, 1.54) is 4.90 Å². The predicted octanol–water partition coefficient (Wildman–Crippen LogP) is 4.12. The summed E-state index contributed by atoms with van der Waals surface area (Å²) in [5.74, 6) is -1.95. The number of carbonyl (C=O) groups is 3. The van der Waals surface area contributed by atoms with E-state index in [2.05, 4.69) is 10.3 Å². The van der Waals surface area contributed by atoms with Crippen LogP contribution < -0.4 is 10.8 Å². The quantitative estimate of drug-likeness (QED) is 0.270. The molecule has 1 aromatic heterocycles. The maximum absolute atomic E-state index is 13.6. The molecule has 194 valence electrons. The van der Waals surface area contributed by atoms with Crippen molar-refractivity contribution in [2.24, 2.45) is 11.8 Å². The molecule has 0 bridgehead atoms. The lowest BCUT2D eigenvalue weighted by molar-refractivity contribution is -0.139. The monoisotopic (exact) mass is 502 g/mol. The molecule has 0 spiro atoms. The van der Waals surface area contributed by atoms with E-state index in [4.69, 9.17) is 5.21 Å². The van der Waals surface area contributed by atoms with E-state index in [1.807, 2.05) is 80.6 Å². The number of rotatable bonds is 11. The SMILES string of the molecule is CC(C)C[C@H](CC(=O)NO)C(=O)N[C@@H](C(=O)N(C)Cc1ccccn1)c1ccc(-c2ccccc2)cc1. The number of carbonyl (C=O) groups excluding carboxylic acids is 3. The number of aromatic nitrogens is 1. The molecule has 3 amide bonds. The van der Waals surface area contributed by atoms with Crippen LogP contribution >= 0.6 is 0 Å². The summed E-state index contributed by atoms with van der Waals surface area (Å²) in [6.45, 7) is 4.17. The average molecular weight is 503 g/mol. The van der Waals surface area contributed by atoms with Crippen LogP contribution in [0.4, 0.5) is 0 Å². The van der Waals surface area contributed by atoms with Gasteiger partial charge in [-0.2, -0.15) is 0 Å². The Hall–Kier alpha value is -4.04. The zero-order valence-electron chi connectivity index (χ0n) is 21.4. The third-order valence-corrected chi connectivity index (χ3v) is 6.07. The molecule has 0 aliphatic heterocycles. The Balaban J connectivity index is 1.88. The summed E-state index contributed by atoms with van der Waals surface area (Å²) >= 11 is 0. The Bertz CT molecular complexity index is 1170. The molecule has 1 heterocycles. The minimum atomic E-state index is -0.960. The minimum absolute atomic E-state index is 0.133. The summed E-state index contributed by atoms with van der Waals surface area (Å²) in [5.41, 5.74) is 4.97. The molecule has 3 rings (SSSR count). The molecule has 0 saturated heterocycles. The van der Waals surface area contributed by atoms with Gasteiger partial charge in [-0.25, -0.2) is 5.48 Å². The fraction of sp³-hybridized carbons (Fsp3) is 0.310. The van der Waals surface area contributed by atoms with Gasteiger partial charge in [0.15, 0.2) is 0 Å². The molecule has 2 atom stereocenters. The molecule has 0 fully saturated rings. The van der Waals surface area contributed by atoms with E-state index in [1.54, 1.807) is 24.8 Å². The first-order valence-electron chi connectivity index (χ1n) is 12.3. The van der Waals surface area contributed by atoms with Crippen LogP contribution in [-0.2, 0) is 20.9 Å². The fourth-order valence-electron chi connectivity index (χ4n) is 4.20. The second kappa shape index (κ2) is 13.3. The fourth-order valence-corrected chi connectivity index (χ4v) is 4.20. The van der Waals surface area contributed by atoms with E-state index < -0.39 is 23.8 Å². The van der Waals surface area contributed by atoms with Crippen molar-refractivity contribution < 1.29 is 19.6 Å². The van der Waals surface area contributed by atoms with Gasteiger partial charge in [0, 0.05) is 25.6 Å². The van der Waals surface area contributed by atoms with Gasteiger partial charge >= 0.3 is 0 Å². The van der Waals surface area contributed by atoms with Crippen molar-refractivity contribution in [3.05, 3.63) is 90.3 Å². The summed E-state index contributed by atoms with van der Waals surface area (Å²) in [4.78, 5) is 44.6. The first-order valence-corrected chi connectivity index (χ1v) is 12.3. The predicted molar refractivity (Wildman–Crippen MR) is 141 cm³/mol. The molecule has 0 aliphatic rings. The Morgan fingerprint density at radius 3 is 2.16 bits per heavy atom. The standard InChI is InChI=1S/C29H34N4O4/c1-20(2)17-24(18-26(34)32-37)28(35)31-27(29(36)33(3)19-25-11-7-8-16-30-25)23-14-12-22(13-15-23)21-9-5-4-6-10-21/h4-16,20,24,27,37H,17-19H2,1-3H3,(H,31,35)(H,32,34)/t24-,27-/m1/s1. The Morgan fingerprint density at radius 1 is 0.919 bits per heavy atom. The van der Waals surface area contributed by atoms with Gasteiger partial charge in [0.2, 0.25) is 17.7 Å². The van der Waals surface area contributed by atoms with Gasteiger partial charge in [-0.05, 0) is 41.2 Å². The highest BCUT2D eigenvalue weighted by molar-refractivity contribution is 5.91. The number of likely N-dealkylation sites (N-methyl/N-ethyl adjacent to an activating group) is 1. The molecule has 37 heavy (non-hydrogen) atoms. The number of amides is 3. The number of nitrogens with zero attached hydrogens (tertiary/aromatic N) is 2. The minimum Gasteiger partial charge on any atom is -0.340 e. The lowest BCUT2D eigenvalue weighted by atomic mass is 9.92. The molecule has 2 aromatic carbocycles. The topological polar surface area (TPSA) is 112 Å². The van der Waals surface area contributed by atoms with Crippen molar-refractivity contribution in [1.82, 2.24) is 20.7 Å². The van der Waals surface area contributed by atoms with E-state index in [0.29, 0.717) is 12.0 Å². The van der Waals surface area contributed by atoms with Crippen molar-refractivity contribution in [2.75, 3.05) is 7.05 Å². The van der Waals surface area contributed by atoms with E-state index >= 15 is 0 Å². The zero-order chi connectivity index (χ0) is 26.8. The van der Waals surface area contributed by atoms with Crippen molar-refractivity contribution in [3.63, 3.8) is 0 Å². The second-order valence-electron chi connectivity index (χ2n) is 9.51. The summed E-state index contributed by atoms with van der Waals surface area (Å²) in [6, 6.07) is 21.9. The van der Waals surface area contributed by atoms with Crippen LogP contribution in [-0.4, -0.2) is 39.9 Å². The molecule has 0 saturated carbocycles. The van der Waals surface area contributed by atoms with Crippen molar-refractivity contribution in [2.45, 2.75) is 39.3 Å². The highest BCUT2D eigenvalue weighted by Gasteiger charge is 2.30. The zero-order valence-corrected chi connectivity index (χ0v) is 21.4. The van der Waals surface area contributed by atoms with Crippen LogP contribution in [0.25, 0.3) is 11.1 Å². The second-order valence-corrected chi connectivity index (χ2v) is 9.51. The van der Waals surface area contributed by atoms with Crippen LogP contribution in [0.5, 0.6) is 0 Å². The van der Waals surface area contributed by atoms with Gasteiger partial charge < -0.3 is 10.2 Å².